The highest BCUT2D eigenvalue weighted by Crippen LogP contribution is 2.26. The van der Waals surface area contributed by atoms with Crippen molar-refractivity contribution >= 4 is 17.3 Å². The number of benzene rings is 1. The zero-order valence-corrected chi connectivity index (χ0v) is 13.8. The van der Waals surface area contributed by atoms with Gasteiger partial charge in [-0.1, -0.05) is 38.8 Å². The lowest BCUT2D eigenvalue weighted by Gasteiger charge is -2.23. The third-order valence-corrected chi connectivity index (χ3v) is 4.18. The molecule has 2 rings (SSSR count). The predicted octanol–water partition coefficient (Wildman–Crippen LogP) is 5.15. The van der Waals surface area contributed by atoms with Crippen LogP contribution in [0.15, 0.2) is 36.7 Å². The van der Waals surface area contributed by atoms with E-state index in [1.807, 2.05) is 35.1 Å². The van der Waals surface area contributed by atoms with E-state index in [1.165, 1.54) is 6.42 Å². The molecule has 0 saturated carbocycles. The van der Waals surface area contributed by atoms with Gasteiger partial charge in [0.05, 0.1) is 11.4 Å². The molecule has 0 amide bonds. The van der Waals surface area contributed by atoms with Crippen LogP contribution in [0, 0.1) is 5.92 Å². The van der Waals surface area contributed by atoms with Crippen LogP contribution < -0.4 is 5.32 Å². The molecule has 21 heavy (non-hydrogen) atoms. The fourth-order valence-electron chi connectivity index (χ4n) is 2.43. The zero-order chi connectivity index (χ0) is 15.2. The van der Waals surface area contributed by atoms with Gasteiger partial charge in [0, 0.05) is 23.5 Å². The van der Waals surface area contributed by atoms with Crippen LogP contribution in [0.5, 0.6) is 0 Å². The van der Waals surface area contributed by atoms with E-state index in [0.29, 0.717) is 6.04 Å². The second-order valence-corrected chi connectivity index (χ2v) is 6.05. The lowest BCUT2D eigenvalue weighted by molar-refractivity contribution is 0.461. The Labute approximate surface area is 132 Å². The summed E-state index contributed by atoms with van der Waals surface area (Å²) in [4.78, 5) is 0. The molecule has 0 saturated heterocycles. The Balaban J connectivity index is 2.23. The van der Waals surface area contributed by atoms with Gasteiger partial charge in [-0.3, -0.25) is 0 Å². The predicted molar refractivity (Wildman–Crippen MR) is 90.3 cm³/mol. The first-order valence-corrected chi connectivity index (χ1v) is 8.07. The first-order valence-electron chi connectivity index (χ1n) is 7.70. The summed E-state index contributed by atoms with van der Waals surface area (Å²) in [6.45, 7) is 6.76. The SMILES string of the molecule is CCC(C)CC(CC)Nc1cc(Cl)ccc1-n1cccn1. The van der Waals surface area contributed by atoms with Crippen LogP contribution in [0.2, 0.25) is 5.02 Å². The molecule has 114 valence electrons. The highest BCUT2D eigenvalue weighted by molar-refractivity contribution is 6.31. The Morgan fingerprint density at radius 1 is 1.29 bits per heavy atom. The third-order valence-electron chi connectivity index (χ3n) is 3.95. The van der Waals surface area contributed by atoms with Gasteiger partial charge in [0.1, 0.15) is 0 Å². The average Bonchev–Trinajstić information content (AvgIpc) is 3.00. The lowest BCUT2D eigenvalue weighted by atomic mass is 9.97. The number of aromatic nitrogens is 2. The van der Waals surface area contributed by atoms with Crippen LogP contribution >= 0.6 is 11.6 Å². The summed E-state index contributed by atoms with van der Waals surface area (Å²) in [5, 5.41) is 8.71. The van der Waals surface area contributed by atoms with E-state index in [1.54, 1.807) is 6.20 Å². The van der Waals surface area contributed by atoms with Crippen molar-refractivity contribution < 1.29 is 0 Å². The molecule has 1 N–H and O–H groups in total. The van der Waals surface area contributed by atoms with Crippen LogP contribution in [-0.2, 0) is 0 Å². The Morgan fingerprint density at radius 2 is 2.10 bits per heavy atom. The second kappa shape index (κ2) is 7.51. The van der Waals surface area contributed by atoms with Gasteiger partial charge in [0.15, 0.2) is 0 Å². The van der Waals surface area contributed by atoms with Crippen LogP contribution in [0.3, 0.4) is 0 Å². The molecule has 2 aromatic rings. The summed E-state index contributed by atoms with van der Waals surface area (Å²) in [5.41, 5.74) is 2.08. The average molecular weight is 306 g/mol. The molecular formula is C17H24ClN3. The summed E-state index contributed by atoms with van der Waals surface area (Å²) in [6, 6.07) is 8.27. The topological polar surface area (TPSA) is 29.9 Å². The van der Waals surface area contributed by atoms with Crippen LogP contribution in [0.25, 0.3) is 5.69 Å². The van der Waals surface area contributed by atoms with Crippen molar-refractivity contribution in [2.24, 2.45) is 5.92 Å². The number of hydrogen-bond donors (Lipinski definition) is 1. The number of nitrogens with one attached hydrogen (secondary N) is 1. The van der Waals surface area contributed by atoms with Gasteiger partial charge in [-0.25, -0.2) is 4.68 Å². The van der Waals surface area contributed by atoms with Crippen molar-refractivity contribution in [3.05, 3.63) is 41.7 Å². The minimum absolute atomic E-state index is 0.452. The number of anilines is 1. The molecule has 0 bridgehead atoms. The number of halogens is 1. The van der Waals surface area contributed by atoms with Gasteiger partial charge in [-0.15, -0.1) is 0 Å². The summed E-state index contributed by atoms with van der Waals surface area (Å²) in [6.07, 6.45) is 7.20. The van der Waals surface area contributed by atoms with Gasteiger partial charge in [0.25, 0.3) is 0 Å². The Kier molecular flexibility index (Phi) is 5.68. The van der Waals surface area contributed by atoms with Crippen LogP contribution in [0.1, 0.15) is 40.0 Å². The van der Waals surface area contributed by atoms with Gasteiger partial charge >= 0.3 is 0 Å². The van der Waals surface area contributed by atoms with E-state index in [-0.39, 0.29) is 0 Å². The highest BCUT2D eigenvalue weighted by Gasteiger charge is 2.13. The van der Waals surface area contributed by atoms with Crippen molar-refractivity contribution in [1.29, 1.82) is 0 Å². The quantitative estimate of drug-likeness (QED) is 0.766. The normalized spacial score (nSPS) is 13.9. The molecule has 0 aliphatic heterocycles. The molecule has 4 heteroatoms. The third kappa shape index (κ3) is 4.24. The standard InChI is InChI=1S/C17H24ClN3/c1-4-13(3)11-15(5-2)20-16-12-14(18)7-8-17(16)21-10-6-9-19-21/h6-10,12-13,15,20H,4-5,11H2,1-3H3. The molecule has 0 aliphatic rings. The first kappa shape index (κ1) is 15.9. The maximum Gasteiger partial charge on any atom is 0.0877 e. The smallest absolute Gasteiger partial charge is 0.0877 e. The Morgan fingerprint density at radius 3 is 2.71 bits per heavy atom. The second-order valence-electron chi connectivity index (χ2n) is 5.61. The molecule has 2 atom stereocenters. The largest absolute Gasteiger partial charge is 0.381 e. The molecule has 0 fully saturated rings. The fraction of sp³-hybridized carbons (Fsp3) is 0.471. The van der Waals surface area contributed by atoms with Crippen LogP contribution in [-0.4, -0.2) is 15.8 Å². The summed E-state index contributed by atoms with van der Waals surface area (Å²) in [5.74, 6) is 0.717. The van der Waals surface area contributed by atoms with Crippen molar-refractivity contribution in [3.63, 3.8) is 0 Å². The molecule has 0 aliphatic carbocycles. The highest BCUT2D eigenvalue weighted by atomic mass is 35.5. The minimum Gasteiger partial charge on any atom is -0.381 e. The summed E-state index contributed by atoms with van der Waals surface area (Å²) < 4.78 is 1.87. The van der Waals surface area contributed by atoms with Crippen molar-refractivity contribution in [2.75, 3.05) is 5.32 Å². The zero-order valence-electron chi connectivity index (χ0n) is 13.0. The summed E-state index contributed by atoms with van der Waals surface area (Å²) in [7, 11) is 0. The molecule has 1 aromatic heterocycles. The van der Waals surface area contributed by atoms with Crippen molar-refractivity contribution in [3.8, 4) is 5.69 Å². The number of nitrogens with zero attached hydrogens (tertiary/aromatic N) is 2. The van der Waals surface area contributed by atoms with Gasteiger partial charge in [-0.2, -0.15) is 5.10 Å². The van der Waals surface area contributed by atoms with Crippen LogP contribution in [0.4, 0.5) is 5.69 Å². The molecule has 1 heterocycles. The molecule has 3 nitrogen and oxygen atoms in total. The van der Waals surface area contributed by atoms with E-state index >= 15 is 0 Å². The van der Waals surface area contributed by atoms with Gasteiger partial charge < -0.3 is 5.32 Å². The Hall–Kier alpha value is -1.48. The maximum absolute atomic E-state index is 6.17. The molecular weight excluding hydrogens is 282 g/mol. The molecule has 0 radical (unpaired) electrons. The van der Waals surface area contributed by atoms with Gasteiger partial charge in [-0.05, 0) is 43.0 Å². The summed E-state index contributed by atoms with van der Waals surface area (Å²) >= 11 is 6.17. The van der Waals surface area contributed by atoms with E-state index < -0.39 is 0 Å². The molecule has 0 spiro atoms. The van der Waals surface area contributed by atoms with E-state index in [9.17, 15) is 0 Å². The molecule has 2 unspecified atom stereocenters. The first-order chi connectivity index (χ1) is 10.1. The molecule has 1 aromatic carbocycles. The number of rotatable bonds is 7. The lowest BCUT2D eigenvalue weighted by Crippen LogP contribution is -2.22. The number of hydrogen-bond acceptors (Lipinski definition) is 2. The van der Waals surface area contributed by atoms with Crippen molar-refractivity contribution in [2.45, 2.75) is 46.1 Å². The van der Waals surface area contributed by atoms with Crippen molar-refractivity contribution in [1.82, 2.24) is 9.78 Å². The van der Waals surface area contributed by atoms with E-state index in [4.69, 9.17) is 11.6 Å². The fourth-order valence-corrected chi connectivity index (χ4v) is 2.61. The van der Waals surface area contributed by atoms with E-state index in [2.05, 4.69) is 31.2 Å². The Bertz CT molecular complexity index is 551. The monoisotopic (exact) mass is 305 g/mol. The van der Waals surface area contributed by atoms with Gasteiger partial charge in [0.2, 0.25) is 0 Å². The van der Waals surface area contributed by atoms with E-state index in [0.717, 1.165) is 35.2 Å². The maximum atomic E-state index is 6.17. The minimum atomic E-state index is 0.452.